The zero-order valence-corrected chi connectivity index (χ0v) is 10.6. The Balaban J connectivity index is 2.41. The molecule has 1 aliphatic rings. The van der Waals surface area contributed by atoms with Gasteiger partial charge in [-0.3, -0.25) is 0 Å². The molecule has 0 spiro atoms. The van der Waals surface area contributed by atoms with Crippen LogP contribution in [0.3, 0.4) is 0 Å². The number of aromatic hydroxyl groups is 1. The summed E-state index contributed by atoms with van der Waals surface area (Å²) >= 11 is 3.44. The fraction of sp³-hybridized carbons (Fsp3) is 0.455. The molecule has 1 fully saturated rings. The molecule has 1 saturated carbocycles. The second-order valence-electron chi connectivity index (χ2n) is 4.10. The van der Waals surface area contributed by atoms with Crippen LogP contribution >= 0.6 is 15.9 Å². The van der Waals surface area contributed by atoms with Crippen molar-refractivity contribution in [2.45, 2.75) is 18.3 Å². The van der Waals surface area contributed by atoms with E-state index < -0.39 is 0 Å². The molecule has 0 atom stereocenters. The maximum atomic E-state index is 9.62. The van der Waals surface area contributed by atoms with Gasteiger partial charge in [0.15, 0.2) is 11.5 Å². The van der Waals surface area contributed by atoms with Crippen molar-refractivity contribution in [3.05, 3.63) is 22.2 Å². The Bertz CT molecular complexity index is 404. The summed E-state index contributed by atoms with van der Waals surface area (Å²) in [6.07, 6.45) is 2.08. The first-order valence-corrected chi connectivity index (χ1v) is 5.81. The molecule has 0 amide bonds. The van der Waals surface area contributed by atoms with Crippen molar-refractivity contribution in [2.75, 3.05) is 13.7 Å². The number of hydrogen-bond acceptors (Lipinski definition) is 4. The van der Waals surface area contributed by atoms with Crippen LogP contribution < -0.4 is 10.6 Å². The molecule has 0 aliphatic heterocycles. The first kappa shape index (κ1) is 11.7. The van der Waals surface area contributed by atoms with Crippen LogP contribution in [-0.2, 0) is 10.3 Å². The third kappa shape index (κ3) is 1.90. The molecular weight excluding hydrogens is 274 g/mol. The van der Waals surface area contributed by atoms with Gasteiger partial charge in [0.25, 0.3) is 0 Å². The SMILES string of the molecule is COc1cc(C2(CON)CC2)c(Br)cc1O. The predicted octanol–water partition coefficient (Wildman–Crippen LogP) is 2.09. The number of benzene rings is 1. The van der Waals surface area contributed by atoms with Crippen molar-refractivity contribution >= 4 is 15.9 Å². The lowest BCUT2D eigenvalue weighted by molar-refractivity contribution is 0.116. The average Bonchev–Trinajstić information content (AvgIpc) is 2.99. The number of rotatable bonds is 4. The molecule has 5 heteroatoms. The number of phenolic OH excluding ortho intramolecular Hbond substituents is 1. The van der Waals surface area contributed by atoms with E-state index in [9.17, 15) is 5.11 Å². The van der Waals surface area contributed by atoms with Gasteiger partial charge in [0.2, 0.25) is 0 Å². The molecule has 0 radical (unpaired) electrons. The summed E-state index contributed by atoms with van der Waals surface area (Å²) in [5.41, 5.74) is 1.06. The lowest BCUT2D eigenvalue weighted by atomic mass is 9.96. The molecule has 1 aromatic carbocycles. The second kappa shape index (κ2) is 4.24. The van der Waals surface area contributed by atoms with Crippen molar-refractivity contribution in [1.82, 2.24) is 0 Å². The van der Waals surface area contributed by atoms with Crippen LogP contribution in [0.1, 0.15) is 18.4 Å². The Labute approximate surface area is 102 Å². The summed E-state index contributed by atoms with van der Waals surface area (Å²) in [5, 5.41) is 9.62. The van der Waals surface area contributed by atoms with Crippen LogP contribution in [0.25, 0.3) is 0 Å². The number of nitrogens with two attached hydrogens (primary N) is 1. The standard InChI is InChI=1S/C11H14BrNO3/c1-15-10-4-7(8(12)5-9(10)14)11(2-3-11)6-16-13/h4-5,14H,2-3,6,13H2,1H3. The van der Waals surface area contributed by atoms with E-state index in [0.717, 1.165) is 22.9 Å². The zero-order chi connectivity index (χ0) is 11.8. The second-order valence-corrected chi connectivity index (χ2v) is 4.95. The molecule has 1 aliphatic carbocycles. The quantitative estimate of drug-likeness (QED) is 0.833. The van der Waals surface area contributed by atoms with Crippen LogP contribution in [0.4, 0.5) is 0 Å². The summed E-state index contributed by atoms with van der Waals surface area (Å²) in [6.45, 7) is 0.486. The van der Waals surface area contributed by atoms with Crippen molar-refractivity contribution in [3.63, 3.8) is 0 Å². The smallest absolute Gasteiger partial charge is 0.160 e. The molecule has 0 aromatic heterocycles. The normalized spacial score (nSPS) is 17.2. The Kier molecular flexibility index (Phi) is 3.10. The molecule has 3 N–H and O–H groups in total. The van der Waals surface area contributed by atoms with Crippen LogP contribution in [0.2, 0.25) is 0 Å². The van der Waals surface area contributed by atoms with E-state index >= 15 is 0 Å². The van der Waals surface area contributed by atoms with Crippen molar-refractivity contribution < 1.29 is 14.7 Å². The monoisotopic (exact) mass is 287 g/mol. The van der Waals surface area contributed by atoms with E-state index in [1.54, 1.807) is 6.07 Å². The minimum atomic E-state index is -0.0193. The largest absolute Gasteiger partial charge is 0.504 e. The van der Waals surface area contributed by atoms with Crippen molar-refractivity contribution in [1.29, 1.82) is 0 Å². The third-order valence-corrected chi connectivity index (χ3v) is 3.71. The van der Waals surface area contributed by atoms with Gasteiger partial charge in [-0.15, -0.1) is 0 Å². The minimum Gasteiger partial charge on any atom is -0.504 e. The van der Waals surface area contributed by atoms with Crippen molar-refractivity contribution in [3.8, 4) is 11.5 Å². The highest BCUT2D eigenvalue weighted by molar-refractivity contribution is 9.10. The first-order chi connectivity index (χ1) is 7.63. The maximum absolute atomic E-state index is 9.62. The molecular formula is C11H14BrNO3. The highest BCUT2D eigenvalue weighted by Gasteiger charge is 2.46. The van der Waals surface area contributed by atoms with E-state index in [2.05, 4.69) is 15.9 Å². The fourth-order valence-electron chi connectivity index (χ4n) is 1.91. The number of methoxy groups -OCH3 is 1. The van der Waals surface area contributed by atoms with Crippen LogP contribution in [0.15, 0.2) is 16.6 Å². The molecule has 2 rings (SSSR count). The maximum Gasteiger partial charge on any atom is 0.160 e. The first-order valence-electron chi connectivity index (χ1n) is 5.01. The fourth-order valence-corrected chi connectivity index (χ4v) is 2.67. The van der Waals surface area contributed by atoms with E-state index in [4.69, 9.17) is 15.5 Å². The third-order valence-electron chi connectivity index (χ3n) is 3.05. The summed E-state index contributed by atoms with van der Waals surface area (Å²) < 4.78 is 5.96. The summed E-state index contributed by atoms with van der Waals surface area (Å²) in [4.78, 5) is 4.76. The molecule has 0 saturated heterocycles. The van der Waals surface area contributed by atoms with E-state index in [0.29, 0.717) is 12.4 Å². The van der Waals surface area contributed by atoms with Gasteiger partial charge in [0, 0.05) is 9.89 Å². The van der Waals surface area contributed by atoms with Gasteiger partial charge in [0.05, 0.1) is 13.7 Å². The van der Waals surface area contributed by atoms with Gasteiger partial charge >= 0.3 is 0 Å². The Morgan fingerprint density at radius 1 is 1.50 bits per heavy atom. The van der Waals surface area contributed by atoms with E-state index in [1.165, 1.54) is 7.11 Å². The zero-order valence-electron chi connectivity index (χ0n) is 9.00. The summed E-state index contributed by atoms with van der Waals surface area (Å²) in [7, 11) is 1.53. The Morgan fingerprint density at radius 2 is 2.19 bits per heavy atom. The number of halogens is 1. The summed E-state index contributed by atoms with van der Waals surface area (Å²) in [6, 6.07) is 3.48. The van der Waals surface area contributed by atoms with Gasteiger partial charge in [0.1, 0.15) is 0 Å². The lowest BCUT2D eigenvalue weighted by Gasteiger charge is -2.17. The van der Waals surface area contributed by atoms with Gasteiger partial charge < -0.3 is 14.7 Å². The van der Waals surface area contributed by atoms with Gasteiger partial charge in [-0.1, -0.05) is 15.9 Å². The molecule has 0 bridgehead atoms. The molecule has 4 nitrogen and oxygen atoms in total. The average molecular weight is 288 g/mol. The Morgan fingerprint density at radius 3 is 2.69 bits per heavy atom. The van der Waals surface area contributed by atoms with E-state index in [-0.39, 0.29) is 11.2 Å². The van der Waals surface area contributed by atoms with Gasteiger partial charge in [-0.25, -0.2) is 5.90 Å². The summed E-state index contributed by atoms with van der Waals surface area (Å²) in [5.74, 6) is 5.75. The van der Waals surface area contributed by atoms with Gasteiger partial charge in [-0.05, 0) is 30.5 Å². The predicted molar refractivity (Wildman–Crippen MR) is 63.4 cm³/mol. The molecule has 88 valence electrons. The molecule has 1 aromatic rings. The molecule has 16 heavy (non-hydrogen) atoms. The topological polar surface area (TPSA) is 64.7 Å². The number of hydrogen-bond donors (Lipinski definition) is 2. The highest BCUT2D eigenvalue weighted by atomic mass is 79.9. The van der Waals surface area contributed by atoms with Crippen LogP contribution in [0.5, 0.6) is 11.5 Å². The lowest BCUT2D eigenvalue weighted by Crippen LogP contribution is -2.18. The van der Waals surface area contributed by atoms with E-state index in [1.807, 2.05) is 6.07 Å². The van der Waals surface area contributed by atoms with Crippen LogP contribution in [-0.4, -0.2) is 18.8 Å². The Hall–Kier alpha value is -0.780. The van der Waals surface area contributed by atoms with Gasteiger partial charge in [-0.2, -0.15) is 0 Å². The number of phenols is 1. The number of ether oxygens (including phenoxy) is 1. The highest BCUT2D eigenvalue weighted by Crippen LogP contribution is 2.52. The van der Waals surface area contributed by atoms with Crippen LogP contribution in [0, 0.1) is 0 Å². The minimum absolute atomic E-state index is 0.0193. The molecule has 0 heterocycles. The van der Waals surface area contributed by atoms with Crippen molar-refractivity contribution in [2.24, 2.45) is 5.90 Å². The molecule has 0 unspecified atom stereocenters.